The fourth-order valence-electron chi connectivity index (χ4n) is 1.60. The van der Waals surface area contributed by atoms with Crippen molar-refractivity contribution in [2.75, 3.05) is 20.3 Å². The molecule has 0 spiro atoms. The Morgan fingerprint density at radius 1 is 1.56 bits per heavy atom. The summed E-state index contributed by atoms with van der Waals surface area (Å²) in [6.45, 7) is 3.00. The summed E-state index contributed by atoms with van der Waals surface area (Å²) in [6, 6.07) is 4.72. The maximum Gasteiger partial charge on any atom is 0.251 e. The zero-order valence-electron chi connectivity index (χ0n) is 10.6. The highest BCUT2D eigenvalue weighted by molar-refractivity contribution is 9.09. The predicted molar refractivity (Wildman–Crippen MR) is 74.4 cm³/mol. The van der Waals surface area contributed by atoms with E-state index in [1.807, 2.05) is 0 Å². The molecule has 2 N–H and O–H groups in total. The minimum atomic E-state index is -0.121. The fraction of sp³-hybridized carbons (Fsp3) is 0.462. The van der Waals surface area contributed by atoms with Gasteiger partial charge in [0.2, 0.25) is 0 Å². The lowest BCUT2D eigenvalue weighted by Gasteiger charge is -2.10. The molecular formula is C13H18BrNO3. The molecule has 0 aliphatic rings. The van der Waals surface area contributed by atoms with Crippen LogP contribution in [0.15, 0.2) is 18.2 Å². The number of nitrogens with one attached hydrogen (secondary N) is 1. The first-order chi connectivity index (χ1) is 8.54. The number of carbonyl (C=O) groups excluding carboxylic acids is 1. The second kappa shape index (κ2) is 7.38. The Kier molecular flexibility index (Phi) is 6.15. The smallest absolute Gasteiger partial charge is 0.251 e. The van der Waals surface area contributed by atoms with Crippen LogP contribution in [0.4, 0.5) is 0 Å². The molecule has 0 saturated carbocycles. The van der Waals surface area contributed by atoms with Gasteiger partial charge in [0.05, 0.1) is 6.61 Å². The number of alkyl halides is 1. The summed E-state index contributed by atoms with van der Waals surface area (Å²) in [5.41, 5.74) is 1.35. The number of rotatable bonds is 6. The number of halogens is 1. The molecule has 0 aliphatic carbocycles. The van der Waals surface area contributed by atoms with E-state index in [4.69, 9.17) is 4.74 Å². The summed E-state index contributed by atoms with van der Waals surface area (Å²) in [5.74, 6) is 0.0503. The second-order valence-corrected chi connectivity index (χ2v) is 5.39. The van der Waals surface area contributed by atoms with Gasteiger partial charge < -0.3 is 15.2 Å². The molecule has 0 saturated heterocycles. The Hall–Kier alpha value is -1.07. The summed E-state index contributed by atoms with van der Waals surface area (Å²) < 4.78 is 4.99. The Morgan fingerprint density at radius 2 is 2.28 bits per heavy atom. The number of phenols is 1. The van der Waals surface area contributed by atoms with Crippen LogP contribution in [0.3, 0.4) is 0 Å². The standard InChI is InChI=1S/C13H18BrNO3/c1-9-7-11(16)3-4-12(9)13(17)15-6-5-10(14)8-18-2/h3-4,7,10,16H,5-6,8H2,1-2H3,(H,15,17). The maximum atomic E-state index is 11.9. The monoisotopic (exact) mass is 315 g/mol. The van der Waals surface area contributed by atoms with Crippen molar-refractivity contribution in [2.45, 2.75) is 18.2 Å². The van der Waals surface area contributed by atoms with E-state index in [0.717, 1.165) is 12.0 Å². The minimum Gasteiger partial charge on any atom is -0.508 e. The van der Waals surface area contributed by atoms with Gasteiger partial charge >= 0.3 is 0 Å². The van der Waals surface area contributed by atoms with Crippen LogP contribution in [0.2, 0.25) is 0 Å². The van der Waals surface area contributed by atoms with Crippen LogP contribution in [-0.2, 0) is 4.74 Å². The first kappa shape index (κ1) is 15.0. The van der Waals surface area contributed by atoms with Crippen molar-refractivity contribution in [1.29, 1.82) is 0 Å². The lowest BCUT2D eigenvalue weighted by molar-refractivity contribution is 0.0951. The average Bonchev–Trinajstić information content (AvgIpc) is 2.29. The van der Waals surface area contributed by atoms with Gasteiger partial charge in [-0.3, -0.25) is 4.79 Å². The van der Waals surface area contributed by atoms with Crippen molar-refractivity contribution >= 4 is 21.8 Å². The molecule has 1 atom stereocenters. The number of hydrogen-bond donors (Lipinski definition) is 2. The molecule has 18 heavy (non-hydrogen) atoms. The number of aromatic hydroxyl groups is 1. The van der Waals surface area contributed by atoms with Crippen LogP contribution in [0.5, 0.6) is 5.75 Å². The molecule has 1 aromatic rings. The highest BCUT2D eigenvalue weighted by Crippen LogP contribution is 2.15. The molecule has 0 heterocycles. The lowest BCUT2D eigenvalue weighted by Crippen LogP contribution is -2.27. The quantitative estimate of drug-likeness (QED) is 0.791. The van der Waals surface area contributed by atoms with Crippen LogP contribution < -0.4 is 5.32 Å². The molecule has 0 bridgehead atoms. The van der Waals surface area contributed by atoms with Crippen LogP contribution in [0.25, 0.3) is 0 Å². The third kappa shape index (κ3) is 4.66. The highest BCUT2D eigenvalue weighted by Gasteiger charge is 2.10. The molecule has 4 nitrogen and oxygen atoms in total. The number of phenolic OH excluding ortho intramolecular Hbond substituents is 1. The van der Waals surface area contributed by atoms with Gasteiger partial charge in [-0.1, -0.05) is 15.9 Å². The largest absolute Gasteiger partial charge is 0.508 e. The Balaban J connectivity index is 2.45. The van der Waals surface area contributed by atoms with Crippen molar-refractivity contribution in [3.63, 3.8) is 0 Å². The van der Waals surface area contributed by atoms with Gasteiger partial charge in [0.15, 0.2) is 0 Å². The van der Waals surface area contributed by atoms with Gasteiger partial charge in [0, 0.05) is 24.0 Å². The lowest BCUT2D eigenvalue weighted by atomic mass is 10.1. The van der Waals surface area contributed by atoms with Crippen molar-refractivity contribution < 1.29 is 14.6 Å². The predicted octanol–water partition coefficient (Wildman–Crippen LogP) is 2.23. The van der Waals surface area contributed by atoms with Crippen LogP contribution >= 0.6 is 15.9 Å². The molecule has 0 aliphatic heterocycles. The van der Waals surface area contributed by atoms with Gasteiger partial charge in [-0.15, -0.1) is 0 Å². The molecule has 100 valence electrons. The number of carbonyl (C=O) groups is 1. The van der Waals surface area contributed by atoms with Crippen LogP contribution in [0.1, 0.15) is 22.3 Å². The number of amides is 1. The van der Waals surface area contributed by atoms with E-state index in [-0.39, 0.29) is 16.5 Å². The van der Waals surface area contributed by atoms with Gasteiger partial charge in [-0.25, -0.2) is 0 Å². The van der Waals surface area contributed by atoms with Gasteiger partial charge in [-0.2, -0.15) is 0 Å². The van der Waals surface area contributed by atoms with Crippen molar-refractivity contribution in [2.24, 2.45) is 0 Å². The van der Waals surface area contributed by atoms with Crippen molar-refractivity contribution in [3.05, 3.63) is 29.3 Å². The number of aryl methyl sites for hydroxylation is 1. The topological polar surface area (TPSA) is 58.6 Å². The van der Waals surface area contributed by atoms with Crippen molar-refractivity contribution in [1.82, 2.24) is 5.32 Å². The third-order valence-corrected chi connectivity index (χ3v) is 3.27. The minimum absolute atomic E-state index is 0.121. The maximum absolute atomic E-state index is 11.9. The SMILES string of the molecule is COCC(Br)CCNC(=O)c1ccc(O)cc1C. The molecule has 0 fully saturated rings. The highest BCUT2D eigenvalue weighted by atomic mass is 79.9. The fourth-order valence-corrected chi connectivity index (χ4v) is 2.10. The second-order valence-electron chi connectivity index (χ2n) is 4.10. The Morgan fingerprint density at radius 3 is 2.89 bits per heavy atom. The first-order valence-electron chi connectivity index (χ1n) is 5.75. The van der Waals surface area contributed by atoms with E-state index in [1.54, 1.807) is 26.2 Å². The van der Waals surface area contributed by atoms with Crippen molar-refractivity contribution in [3.8, 4) is 5.75 Å². The zero-order valence-corrected chi connectivity index (χ0v) is 12.2. The van der Waals surface area contributed by atoms with Crippen LogP contribution in [-0.4, -0.2) is 36.1 Å². The summed E-state index contributed by atoms with van der Waals surface area (Å²) in [5, 5.41) is 12.1. The Bertz CT molecular complexity index is 409. The summed E-state index contributed by atoms with van der Waals surface area (Å²) >= 11 is 3.46. The molecule has 1 unspecified atom stereocenters. The molecular weight excluding hydrogens is 298 g/mol. The van der Waals surface area contributed by atoms with Gasteiger partial charge in [-0.05, 0) is 37.1 Å². The molecule has 5 heteroatoms. The van der Waals surface area contributed by atoms with Gasteiger partial charge in [0.1, 0.15) is 5.75 Å². The number of hydrogen-bond acceptors (Lipinski definition) is 3. The Labute approximate surface area is 115 Å². The molecule has 0 aromatic heterocycles. The number of ether oxygens (including phenoxy) is 1. The average molecular weight is 316 g/mol. The van der Waals surface area contributed by atoms with E-state index in [1.165, 1.54) is 6.07 Å². The molecule has 0 radical (unpaired) electrons. The number of benzene rings is 1. The molecule has 1 amide bonds. The van der Waals surface area contributed by atoms with Gasteiger partial charge in [0.25, 0.3) is 5.91 Å². The summed E-state index contributed by atoms with van der Waals surface area (Å²) in [4.78, 5) is 12.1. The van der Waals surface area contributed by atoms with E-state index in [0.29, 0.717) is 18.7 Å². The third-order valence-electron chi connectivity index (χ3n) is 2.55. The summed E-state index contributed by atoms with van der Waals surface area (Å²) in [6.07, 6.45) is 0.802. The van der Waals surface area contributed by atoms with E-state index >= 15 is 0 Å². The summed E-state index contributed by atoms with van der Waals surface area (Å²) in [7, 11) is 1.65. The zero-order chi connectivity index (χ0) is 13.5. The first-order valence-corrected chi connectivity index (χ1v) is 6.67. The van der Waals surface area contributed by atoms with E-state index in [9.17, 15) is 9.90 Å². The molecule has 1 rings (SSSR count). The molecule has 1 aromatic carbocycles. The van der Waals surface area contributed by atoms with E-state index < -0.39 is 0 Å². The van der Waals surface area contributed by atoms with E-state index in [2.05, 4.69) is 21.2 Å². The van der Waals surface area contributed by atoms with Crippen LogP contribution in [0, 0.1) is 6.92 Å². The normalized spacial score (nSPS) is 12.2. The number of methoxy groups -OCH3 is 1.